The van der Waals surface area contributed by atoms with Gasteiger partial charge in [-0.1, -0.05) is 36.4 Å². The lowest BCUT2D eigenvalue weighted by Crippen LogP contribution is -2.35. The molecule has 1 heterocycles. The highest BCUT2D eigenvalue weighted by atomic mass is 16.5. The van der Waals surface area contributed by atoms with Crippen molar-refractivity contribution in [2.75, 3.05) is 18.1 Å². The van der Waals surface area contributed by atoms with Crippen LogP contribution in [0.1, 0.15) is 34.6 Å². The number of carbonyl (C=O) groups is 2. The van der Waals surface area contributed by atoms with E-state index in [4.69, 9.17) is 10.00 Å². The van der Waals surface area contributed by atoms with Gasteiger partial charge >= 0.3 is 5.97 Å². The van der Waals surface area contributed by atoms with E-state index in [0.29, 0.717) is 5.69 Å². The summed E-state index contributed by atoms with van der Waals surface area (Å²) in [6.07, 6.45) is 2.75. The van der Waals surface area contributed by atoms with Crippen LogP contribution in [0.3, 0.4) is 0 Å². The van der Waals surface area contributed by atoms with Crippen LogP contribution in [0, 0.1) is 11.3 Å². The monoisotopic (exact) mass is 414 g/mol. The summed E-state index contributed by atoms with van der Waals surface area (Å²) in [4.78, 5) is 27.0. The summed E-state index contributed by atoms with van der Waals surface area (Å²) < 4.78 is 7.15. The van der Waals surface area contributed by atoms with Gasteiger partial charge in [-0.3, -0.25) is 4.79 Å². The number of nitrogens with zero attached hydrogens (tertiary/aromatic N) is 4. The van der Waals surface area contributed by atoms with Crippen LogP contribution >= 0.6 is 0 Å². The summed E-state index contributed by atoms with van der Waals surface area (Å²) in [6.45, 7) is -0.180. The first-order valence-corrected chi connectivity index (χ1v) is 10.2. The molecular formula is C24H22N4O3. The molecule has 1 aliphatic carbocycles. The predicted molar refractivity (Wildman–Crippen MR) is 115 cm³/mol. The molecular weight excluding hydrogens is 392 g/mol. The first kappa shape index (κ1) is 20.4. The number of aromatic nitrogens is 2. The number of anilines is 1. The molecule has 0 spiro atoms. The Hall–Kier alpha value is -3.92. The molecule has 4 rings (SSSR count). The second kappa shape index (κ2) is 9.26. The molecule has 3 aromatic rings. The summed E-state index contributed by atoms with van der Waals surface area (Å²) in [5.41, 5.74) is 3.73. The molecule has 7 heteroatoms. The second-order valence-corrected chi connectivity index (χ2v) is 7.24. The molecule has 0 bridgehead atoms. The molecule has 2 aromatic carbocycles. The number of carbonyl (C=O) groups excluding carboxylic acids is 2. The number of nitriles is 1. The van der Waals surface area contributed by atoms with Crippen molar-refractivity contribution in [2.45, 2.75) is 25.7 Å². The van der Waals surface area contributed by atoms with E-state index >= 15 is 0 Å². The molecule has 0 atom stereocenters. The van der Waals surface area contributed by atoms with Crippen LogP contribution in [0.15, 0.2) is 60.7 Å². The van der Waals surface area contributed by atoms with Gasteiger partial charge in [0.15, 0.2) is 12.3 Å². The van der Waals surface area contributed by atoms with Gasteiger partial charge in [0.05, 0.1) is 18.2 Å². The molecule has 1 amide bonds. The molecule has 0 saturated carbocycles. The summed E-state index contributed by atoms with van der Waals surface area (Å²) in [6, 6.07) is 20.7. The number of para-hydroxylation sites is 2. The Morgan fingerprint density at radius 2 is 1.77 bits per heavy atom. The van der Waals surface area contributed by atoms with Crippen LogP contribution in [0.4, 0.5) is 5.69 Å². The topological polar surface area (TPSA) is 88.2 Å². The number of benzene rings is 2. The zero-order valence-corrected chi connectivity index (χ0v) is 17.0. The van der Waals surface area contributed by atoms with Crippen molar-refractivity contribution in [3.05, 3.63) is 77.6 Å². The number of fused-ring (bicyclic) bond motifs is 1. The highest BCUT2D eigenvalue weighted by Gasteiger charge is 2.28. The second-order valence-electron chi connectivity index (χ2n) is 7.24. The maximum Gasteiger partial charge on any atom is 0.359 e. The fraction of sp³-hybridized carbons (Fsp3) is 0.250. The van der Waals surface area contributed by atoms with Crippen molar-refractivity contribution in [1.29, 1.82) is 5.26 Å². The van der Waals surface area contributed by atoms with Gasteiger partial charge in [-0.25, -0.2) is 9.48 Å². The van der Waals surface area contributed by atoms with Crippen LogP contribution < -0.4 is 4.90 Å². The minimum atomic E-state index is -0.602. The third kappa shape index (κ3) is 4.33. The third-order valence-corrected chi connectivity index (χ3v) is 5.27. The molecule has 0 N–H and O–H groups in total. The highest BCUT2D eigenvalue weighted by Crippen LogP contribution is 2.28. The molecule has 0 saturated heterocycles. The number of hydrogen-bond acceptors (Lipinski definition) is 5. The van der Waals surface area contributed by atoms with E-state index in [9.17, 15) is 9.59 Å². The molecule has 1 aliphatic rings. The Kier molecular flexibility index (Phi) is 6.08. The van der Waals surface area contributed by atoms with Crippen molar-refractivity contribution in [1.82, 2.24) is 9.78 Å². The Bertz CT molecular complexity index is 1120. The summed E-state index contributed by atoms with van der Waals surface area (Å²) >= 11 is 0. The van der Waals surface area contributed by atoms with Gasteiger partial charge in [0.25, 0.3) is 5.91 Å². The minimum Gasteiger partial charge on any atom is -0.451 e. The van der Waals surface area contributed by atoms with Crippen molar-refractivity contribution in [3.63, 3.8) is 0 Å². The summed E-state index contributed by atoms with van der Waals surface area (Å²) in [5, 5.41) is 13.4. The predicted octanol–water partition coefficient (Wildman–Crippen LogP) is 3.46. The largest absolute Gasteiger partial charge is 0.451 e. The van der Waals surface area contributed by atoms with E-state index in [-0.39, 0.29) is 24.6 Å². The Labute approximate surface area is 180 Å². The van der Waals surface area contributed by atoms with Crippen LogP contribution in [0.2, 0.25) is 0 Å². The zero-order chi connectivity index (χ0) is 21.6. The molecule has 0 unspecified atom stereocenters. The van der Waals surface area contributed by atoms with Crippen LogP contribution in [-0.4, -0.2) is 34.8 Å². The first-order valence-electron chi connectivity index (χ1n) is 10.2. The lowest BCUT2D eigenvalue weighted by molar-refractivity contribution is -0.121. The van der Waals surface area contributed by atoms with Gasteiger partial charge < -0.3 is 9.64 Å². The highest BCUT2D eigenvalue weighted by molar-refractivity contribution is 5.97. The van der Waals surface area contributed by atoms with Crippen LogP contribution in [0.25, 0.3) is 5.69 Å². The number of ether oxygens (including phenoxy) is 1. The van der Waals surface area contributed by atoms with Crippen molar-refractivity contribution in [3.8, 4) is 11.8 Å². The van der Waals surface area contributed by atoms with E-state index in [1.807, 2.05) is 54.6 Å². The molecule has 7 nitrogen and oxygen atoms in total. The Balaban J connectivity index is 1.50. The summed E-state index contributed by atoms with van der Waals surface area (Å²) in [7, 11) is 0. The van der Waals surface area contributed by atoms with E-state index in [1.54, 1.807) is 16.8 Å². The molecule has 1 aromatic heterocycles. The molecule has 0 fully saturated rings. The van der Waals surface area contributed by atoms with Crippen molar-refractivity contribution >= 4 is 17.6 Å². The third-order valence-electron chi connectivity index (χ3n) is 5.27. The van der Waals surface area contributed by atoms with Crippen LogP contribution in [-0.2, 0) is 22.4 Å². The minimum absolute atomic E-state index is 0.184. The summed E-state index contributed by atoms with van der Waals surface area (Å²) in [5.74, 6) is -0.983. The molecule has 31 heavy (non-hydrogen) atoms. The van der Waals surface area contributed by atoms with Crippen LogP contribution in [0.5, 0.6) is 0 Å². The molecule has 0 radical (unpaired) electrons. The lowest BCUT2D eigenvalue weighted by Gasteiger charge is -2.21. The average molecular weight is 414 g/mol. The van der Waals surface area contributed by atoms with E-state index in [2.05, 4.69) is 5.10 Å². The number of rotatable bonds is 7. The van der Waals surface area contributed by atoms with Gasteiger partial charge in [-0.05, 0) is 43.5 Å². The maximum absolute atomic E-state index is 12.8. The maximum atomic E-state index is 12.8. The SMILES string of the molecule is N#CCCN(C(=O)COC(=O)c1nn(-c2ccccc2)c2c1CCC2)c1ccccc1. The smallest absolute Gasteiger partial charge is 0.359 e. The Morgan fingerprint density at radius 3 is 2.48 bits per heavy atom. The first-order chi connectivity index (χ1) is 15.2. The average Bonchev–Trinajstić information content (AvgIpc) is 3.42. The van der Waals surface area contributed by atoms with Gasteiger partial charge in [-0.2, -0.15) is 10.4 Å². The molecule has 0 aliphatic heterocycles. The van der Waals surface area contributed by atoms with Gasteiger partial charge in [0.1, 0.15) is 0 Å². The van der Waals surface area contributed by atoms with Gasteiger partial charge in [0.2, 0.25) is 0 Å². The number of esters is 1. The number of amides is 1. The lowest BCUT2D eigenvalue weighted by atomic mass is 10.2. The van der Waals surface area contributed by atoms with Crippen molar-refractivity contribution < 1.29 is 14.3 Å². The van der Waals surface area contributed by atoms with Crippen molar-refractivity contribution in [2.24, 2.45) is 0 Å². The number of hydrogen-bond donors (Lipinski definition) is 0. The van der Waals surface area contributed by atoms with Gasteiger partial charge in [-0.15, -0.1) is 0 Å². The fourth-order valence-corrected chi connectivity index (χ4v) is 3.83. The van der Waals surface area contributed by atoms with E-state index < -0.39 is 12.6 Å². The van der Waals surface area contributed by atoms with E-state index in [1.165, 1.54) is 4.90 Å². The Morgan fingerprint density at radius 1 is 1.06 bits per heavy atom. The normalized spacial score (nSPS) is 12.1. The fourth-order valence-electron chi connectivity index (χ4n) is 3.83. The quantitative estimate of drug-likeness (QED) is 0.553. The molecule has 156 valence electrons. The van der Waals surface area contributed by atoms with E-state index in [0.717, 1.165) is 36.2 Å². The zero-order valence-electron chi connectivity index (χ0n) is 17.0. The van der Waals surface area contributed by atoms with Gasteiger partial charge in [0, 0.05) is 23.5 Å². The standard InChI is InChI=1S/C24H22N4O3/c25-15-8-16-27(18-9-3-1-4-10-18)22(29)17-31-24(30)23-20-13-7-14-21(20)28(26-23)19-11-5-2-6-12-19/h1-6,9-12H,7-8,13-14,16-17H2.